The van der Waals surface area contributed by atoms with Gasteiger partial charge in [-0.3, -0.25) is 0 Å². The number of oxazole rings is 1. The fourth-order valence-corrected chi connectivity index (χ4v) is 3.30. The predicted octanol–water partition coefficient (Wildman–Crippen LogP) is 3.30. The molecule has 0 atom stereocenters. The summed E-state index contributed by atoms with van der Waals surface area (Å²) in [6, 6.07) is 3.96. The maximum absolute atomic E-state index is 6.06. The van der Waals surface area contributed by atoms with Crippen molar-refractivity contribution in [3.63, 3.8) is 0 Å². The van der Waals surface area contributed by atoms with Gasteiger partial charge in [-0.25, -0.2) is 9.66 Å². The zero-order valence-electron chi connectivity index (χ0n) is 12.6. The third-order valence-corrected chi connectivity index (χ3v) is 4.80. The normalized spacial score (nSPS) is 12.0. The molecule has 0 aliphatic carbocycles. The Balaban J connectivity index is 1.70. The maximum atomic E-state index is 6.06. The van der Waals surface area contributed by atoms with Gasteiger partial charge in [-0.15, -0.1) is 21.5 Å². The molecule has 0 bridgehead atoms. The zero-order chi connectivity index (χ0) is 15.7. The molecule has 2 N–H and O–H groups in total. The van der Waals surface area contributed by atoms with Gasteiger partial charge in [0.2, 0.25) is 11.0 Å². The van der Waals surface area contributed by atoms with Crippen LogP contribution in [-0.2, 0) is 11.2 Å². The predicted molar refractivity (Wildman–Crippen MR) is 88.2 cm³/mol. The van der Waals surface area contributed by atoms with Crippen LogP contribution in [0.15, 0.2) is 33.3 Å². The monoisotopic (exact) mass is 335 g/mol. The first-order valence-corrected chi connectivity index (χ1v) is 8.64. The minimum Gasteiger partial charge on any atom is -0.444 e. The molecular weight excluding hydrogens is 318 g/mol. The van der Waals surface area contributed by atoms with Gasteiger partial charge in [-0.1, -0.05) is 38.6 Å². The lowest BCUT2D eigenvalue weighted by Crippen LogP contribution is -2.24. The van der Waals surface area contributed by atoms with Crippen LogP contribution in [0.3, 0.4) is 0 Å². The van der Waals surface area contributed by atoms with E-state index in [1.54, 1.807) is 22.3 Å². The second-order valence-electron chi connectivity index (χ2n) is 5.84. The lowest BCUT2D eigenvalue weighted by atomic mass is 9.96. The van der Waals surface area contributed by atoms with Crippen LogP contribution in [-0.4, -0.2) is 19.9 Å². The molecule has 0 unspecified atom stereocenters. The molecule has 3 rings (SSSR count). The molecule has 22 heavy (non-hydrogen) atoms. The number of hydrogen-bond donors (Lipinski definition) is 1. The molecule has 0 aromatic carbocycles. The van der Waals surface area contributed by atoms with E-state index in [0.717, 1.165) is 16.4 Å². The average Bonchev–Trinajstić information content (AvgIpc) is 3.16. The number of thiophene rings is 1. The summed E-state index contributed by atoms with van der Waals surface area (Å²) in [5.74, 6) is 8.10. The maximum Gasteiger partial charge on any atom is 0.236 e. The van der Waals surface area contributed by atoms with E-state index in [1.165, 1.54) is 11.8 Å². The highest BCUT2D eigenvalue weighted by atomic mass is 32.2. The van der Waals surface area contributed by atoms with Crippen molar-refractivity contribution < 1.29 is 4.42 Å². The van der Waals surface area contributed by atoms with Crippen molar-refractivity contribution in [2.45, 2.75) is 37.1 Å². The van der Waals surface area contributed by atoms with E-state index in [9.17, 15) is 0 Å². The average molecular weight is 335 g/mol. The highest BCUT2D eigenvalue weighted by Gasteiger charge is 2.23. The number of hydrogen-bond acceptors (Lipinski definition) is 7. The lowest BCUT2D eigenvalue weighted by Gasteiger charge is -2.16. The molecule has 0 aliphatic heterocycles. The second kappa shape index (κ2) is 5.77. The van der Waals surface area contributed by atoms with Crippen LogP contribution in [0, 0.1) is 0 Å². The quantitative estimate of drug-likeness (QED) is 0.582. The van der Waals surface area contributed by atoms with Gasteiger partial charge in [0.05, 0.1) is 10.6 Å². The van der Waals surface area contributed by atoms with Crippen molar-refractivity contribution in [3.05, 3.63) is 35.3 Å². The summed E-state index contributed by atoms with van der Waals surface area (Å²) in [6.45, 7) is 6.17. The van der Waals surface area contributed by atoms with Gasteiger partial charge < -0.3 is 10.3 Å². The van der Waals surface area contributed by atoms with Crippen LogP contribution in [0.1, 0.15) is 32.3 Å². The van der Waals surface area contributed by atoms with Crippen LogP contribution in [0.5, 0.6) is 0 Å². The fraction of sp³-hybridized carbons (Fsp3) is 0.357. The zero-order valence-corrected chi connectivity index (χ0v) is 14.2. The van der Waals surface area contributed by atoms with Gasteiger partial charge in [0.15, 0.2) is 5.82 Å². The highest BCUT2D eigenvalue weighted by Crippen LogP contribution is 2.27. The summed E-state index contributed by atoms with van der Waals surface area (Å²) in [4.78, 5) is 5.50. The molecule has 3 heterocycles. The Hall–Kier alpha value is -1.80. The van der Waals surface area contributed by atoms with Crippen LogP contribution in [0.25, 0.3) is 10.8 Å². The largest absolute Gasteiger partial charge is 0.444 e. The first-order chi connectivity index (χ1) is 10.4. The number of nitrogen functional groups attached to an aromatic ring is 1. The molecule has 116 valence electrons. The van der Waals surface area contributed by atoms with E-state index >= 15 is 0 Å². The molecule has 0 saturated heterocycles. The van der Waals surface area contributed by atoms with Crippen LogP contribution >= 0.6 is 23.1 Å². The Morgan fingerprint density at radius 3 is 2.82 bits per heavy atom. The Labute approximate surface area is 136 Å². The minimum absolute atomic E-state index is 0.138. The third kappa shape index (κ3) is 3.02. The van der Waals surface area contributed by atoms with E-state index in [2.05, 4.69) is 36.0 Å². The lowest BCUT2D eigenvalue weighted by molar-refractivity contribution is 0.523. The van der Waals surface area contributed by atoms with Crippen molar-refractivity contribution in [1.82, 2.24) is 19.9 Å². The molecule has 0 fully saturated rings. The summed E-state index contributed by atoms with van der Waals surface area (Å²) in [7, 11) is 0. The van der Waals surface area contributed by atoms with Crippen LogP contribution in [0.4, 0.5) is 0 Å². The van der Waals surface area contributed by atoms with Gasteiger partial charge in [0.25, 0.3) is 0 Å². The molecule has 0 radical (unpaired) electrons. The number of nitrogens with zero attached hydrogens (tertiary/aromatic N) is 4. The van der Waals surface area contributed by atoms with Gasteiger partial charge >= 0.3 is 0 Å². The highest BCUT2D eigenvalue weighted by molar-refractivity contribution is 7.98. The molecule has 6 nitrogen and oxygen atoms in total. The summed E-state index contributed by atoms with van der Waals surface area (Å²) >= 11 is 3.10. The van der Waals surface area contributed by atoms with Gasteiger partial charge in [0.1, 0.15) is 6.26 Å². The Morgan fingerprint density at radius 2 is 2.18 bits per heavy atom. The SMILES string of the molecule is CC(C)(C)c1nnc(SCc2coc(-c3cccs3)n2)n1N. The molecular formula is C14H17N5OS2. The molecule has 8 heteroatoms. The summed E-state index contributed by atoms with van der Waals surface area (Å²) in [5, 5.41) is 11.0. The Morgan fingerprint density at radius 1 is 1.36 bits per heavy atom. The van der Waals surface area contributed by atoms with Crippen molar-refractivity contribution in [2.75, 3.05) is 5.84 Å². The van der Waals surface area contributed by atoms with Crippen molar-refractivity contribution in [2.24, 2.45) is 0 Å². The van der Waals surface area contributed by atoms with Crippen LogP contribution in [0.2, 0.25) is 0 Å². The summed E-state index contributed by atoms with van der Waals surface area (Å²) in [5.41, 5.74) is 0.717. The molecule has 0 amide bonds. The van der Waals surface area contributed by atoms with E-state index in [4.69, 9.17) is 10.3 Å². The Bertz CT molecular complexity index is 755. The summed E-state index contributed by atoms with van der Waals surface area (Å²) < 4.78 is 7.05. The van der Waals surface area contributed by atoms with E-state index in [0.29, 0.717) is 16.8 Å². The first kappa shape index (κ1) is 15.1. The van der Waals surface area contributed by atoms with E-state index in [1.807, 2.05) is 17.5 Å². The van der Waals surface area contributed by atoms with Crippen molar-refractivity contribution in [1.29, 1.82) is 0 Å². The number of nitrogens with two attached hydrogens (primary N) is 1. The molecule has 0 aliphatic rings. The number of aromatic nitrogens is 4. The molecule has 3 aromatic rings. The van der Waals surface area contributed by atoms with Crippen LogP contribution < -0.4 is 5.84 Å². The van der Waals surface area contributed by atoms with Gasteiger partial charge in [-0.2, -0.15) is 0 Å². The van der Waals surface area contributed by atoms with Crippen molar-refractivity contribution >= 4 is 23.1 Å². The van der Waals surface area contributed by atoms with Gasteiger partial charge in [0, 0.05) is 11.2 Å². The molecule has 0 saturated carbocycles. The first-order valence-electron chi connectivity index (χ1n) is 6.77. The fourth-order valence-electron chi connectivity index (χ4n) is 1.91. The van der Waals surface area contributed by atoms with E-state index < -0.39 is 0 Å². The Kier molecular flexibility index (Phi) is 3.96. The standard InChI is InChI=1S/C14H17N5OS2/c1-14(2,3)12-17-18-13(19(12)15)22-8-9-7-20-11(16-9)10-5-4-6-21-10/h4-7H,8,15H2,1-3H3. The minimum atomic E-state index is -0.138. The summed E-state index contributed by atoms with van der Waals surface area (Å²) in [6.07, 6.45) is 1.67. The number of rotatable bonds is 4. The van der Waals surface area contributed by atoms with E-state index in [-0.39, 0.29) is 5.41 Å². The molecule has 3 aromatic heterocycles. The smallest absolute Gasteiger partial charge is 0.236 e. The molecule has 0 spiro atoms. The second-order valence-corrected chi connectivity index (χ2v) is 7.73. The third-order valence-electron chi connectivity index (χ3n) is 2.97. The number of thioether (sulfide) groups is 1. The topological polar surface area (TPSA) is 82.8 Å². The van der Waals surface area contributed by atoms with Gasteiger partial charge in [-0.05, 0) is 11.4 Å². The van der Waals surface area contributed by atoms with Crippen molar-refractivity contribution in [3.8, 4) is 10.8 Å².